The molecule has 0 saturated carbocycles. The van der Waals surface area contributed by atoms with Gasteiger partial charge in [-0.05, 0) is 11.5 Å². The van der Waals surface area contributed by atoms with Gasteiger partial charge in [0.25, 0.3) is 12.5 Å². The Hall–Kier alpha value is -0.760. The van der Waals surface area contributed by atoms with Gasteiger partial charge < -0.3 is 14.6 Å². The molecule has 0 fully saturated rings. The number of nitriles is 2. The highest BCUT2D eigenvalue weighted by Gasteiger charge is 2.01. The molecule has 0 aromatic heterocycles. The molecule has 1 atom stereocenters. The molecule has 0 aliphatic carbocycles. The van der Waals surface area contributed by atoms with E-state index in [-0.39, 0.29) is 6.61 Å². The number of nitrogens with zero attached hydrogens (tertiary/aromatic N) is 2. The molecule has 5 nitrogen and oxygen atoms in total. The lowest BCUT2D eigenvalue weighted by atomic mass is 10.8. The molecule has 7 heteroatoms. The van der Waals surface area contributed by atoms with Crippen molar-refractivity contribution in [3.05, 3.63) is 0 Å². The molecular weight excluding hydrogens is 260 g/mol. The molecule has 0 amide bonds. The smallest absolute Gasteiger partial charge is 0.286 e. The second-order valence-electron chi connectivity index (χ2n) is 2.45. The van der Waals surface area contributed by atoms with Crippen LogP contribution in [-0.4, -0.2) is 41.0 Å². The molecule has 1 N–H and O–H groups in total. The first-order valence-corrected chi connectivity index (χ1v) is 7.32. The average molecular weight is 278 g/mol. The number of ether oxygens (including phenoxy) is 2. The molecule has 1 unspecified atom stereocenters. The number of rotatable bonds is 8. The highest BCUT2D eigenvalue weighted by atomic mass is 32.2. The van der Waals surface area contributed by atoms with E-state index in [2.05, 4.69) is 16.4 Å². The molecule has 0 aromatic rings. The first kappa shape index (κ1) is 18.6. The second-order valence-corrected chi connectivity index (χ2v) is 5.30. The van der Waals surface area contributed by atoms with Crippen LogP contribution in [0.3, 0.4) is 0 Å². The van der Waals surface area contributed by atoms with Crippen LogP contribution < -0.4 is 0 Å². The van der Waals surface area contributed by atoms with Gasteiger partial charge in [0, 0.05) is 5.75 Å². The number of aliphatic hydroxyl groups is 1. The van der Waals surface area contributed by atoms with Gasteiger partial charge in [-0.15, -0.1) is 11.8 Å². The number of aliphatic hydroxyl groups excluding tert-OH is 1. The summed E-state index contributed by atoms with van der Waals surface area (Å²) in [6.45, 7) is 4.65. The summed E-state index contributed by atoms with van der Waals surface area (Å²) in [7, 11) is 0. The number of hydrogen-bond donors (Lipinski definition) is 1. The molecule has 17 heavy (non-hydrogen) atoms. The van der Waals surface area contributed by atoms with Crippen molar-refractivity contribution < 1.29 is 14.6 Å². The second kappa shape index (κ2) is 17.6. The van der Waals surface area contributed by atoms with Gasteiger partial charge in [0.05, 0.1) is 0 Å². The Morgan fingerprint density at radius 2 is 1.82 bits per heavy atom. The summed E-state index contributed by atoms with van der Waals surface area (Å²) in [5, 5.41) is 24.6. The minimum atomic E-state index is -0.561. The van der Waals surface area contributed by atoms with Crippen LogP contribution in [0.4, 0.5) is 0 Å². The maximum Gasteiger partial charge on any atom is 0.286 e. The first-order chi connectivity index (χ1) is 8.22. The molecular formula is C10H18N2O3S2. The molecule has 0 saturated heterocycles. The van der Waals surface area contributed by atoms with Crippen LogP contribution in [-0.2, 0) is 9.47 Å². The summed E-state index contributed by atoms with van der Waals surface area (Å²) >= 11 is 3.12. The molecule has 0 bridgehead atoms. The van der Waals surface area contributed by atoms with Gasteiger partial charge in [0.1, 0.15) is 18.6 Å². The van der Waals surface area contributed by atoms with Gasteiger partial charge in [-0.3, -0.25) is 0 Å². The minimum absolute atomic E-state index is 0.0923. The summed E-state index contributed by atoms with van der Waals surface area (Å²) in [6, 6.07) is 0. The van der Waals surface area contributed by atoms with Crippen molar-refractivity contribution in [3.63, 3.8) is 0 Å². The van der Waals surface area contributed by atoms with Crippen molar-refractivity contribution in [1.29, 1.82) is 10.5 Å². The van der Waals surface area contributed by atoms with Crippen molar-refractivity contribution in [2.75, 3.05) is 30.5 Å². The fraction of sp³-hybridized carbons (Fsp3) is 0.800. The van der Waals surface area contributed by atoms with Crippen molar-refractivity contribution >= 4 is 23.5 Å². The first-order valence-electron chi connectivity index (χ1n) is 5.12. The zero-order chi connectivity index (χ0) is 13.4. The van der Waals surface area contributed by atoms with E-state index in [1.54, 1.807) is 18.0 Å². The number of thioether (sulfide) groups is 2. The molecule has 0 rings (SSSR count). The van der Waals surface area contributed by atoms with Crippen LogP contribution in [0.5, 0.6) is 0 Å². The van der Waals surface area contributed by atoms with E-state index < -0.39 is 5.44 Å². The van der Waals surface area contributed by atoms with Crippen LogP contribution in [0.2, 0.25) is 0 Å². The summed E-state index contributed by atoms with van der Waals surface area (Å²) in [5.41, 5.74) is -0.561. The zero-order valence-corrected chi connectivity index (χ0v) is 11.7. The Morgan fingerprint density at radius 1 is 1.18 bits per heavy atom. The van der Waals surface area contributed by atoms with Gasteiger partial charge in [-0.25, -0.2) is 0 Å². The lowest BCUT2D eigenvalue weighted by Gasteiger charge is -2.04. The fourth-order valence-corrected chi connectivity index (χ4v) is 1.68. The van der Waals surface area contributed by atoms with E-state index in [9.17, 15) is 0 Å². The predicted molar refractivity (Wildman–Crippen MR) is 70.3 cm³/mol. The minimum Gasteiger partial charge on any atom is -0.427 e. The Kier molecular flexibility index (Phi) is 19.3. The summed E-state index contributed by atoms with van der Waals surface area (Å²) < 4.78 is 8.70. The van der Waals surface area contributed by atoms with Gasteiger partial charge in [-0.1, -0.05) is 13.8 Å². The van der Waals surface area contributed by atoms with Crippen LogP contribution >= 0.6 is 23.5 Å². The fourth-order valence-electron chi connectivity index (χ4n) is 0.640. The van der Waals surface area contributed by atoms with Gasteiger partial charge in [-0.2, -0.15) is 22.3 Å². The highest BCUT2D eigenvalue weighted by molar-refractivity contribution is 7.99. The third-order valence-electron chi connectivity index (χ3n) is 1.25. The van der Waals surface area contributed by atoms with Crippen LogP contribution in [0.15, 0.2) is 0 Å². The van der Waals surface area contributed by atoms with Gasteiger partial charge >= 0.3 is 0 Å². The van der Waals surface area contributed by atoms with E-state index in [4.69, 9.17) is 15.6 Å². The maximum absolute atomic E-state index is 8.87. The van der Waals surface area contributed by atoms with Gasteiger partial charge in [0.2, 0.25) is 0 Å². The predicted octanol–water partition coefficient (Wildman–Crippen LogP) is 1.79. The van der Waals surface area contributed by atoms with E-state index >= 15 is 0 Å². The Balaban J connectivity index is 0. The largest absolute Gasteiger partial charge is 0.427 e. The van der Waals surface area contributed by atoms with E-state index in [0.29, 0.717) is 6.61 Å². The standard InChI is InChI=1S/C5H9NO2S.C5H9NOS/c1-2-9-5(7)3-8-4-6;1-2-8-4-3-7-5-6/h5,7H,2-3H2,1H3;2-4H2,1H3. The SMILES string of the molecule is CCSC(O)COC#N.CCSCCOC#N. The van der Waals surface area contributed by atoms with Crippen molar-refractivity contribution in [2.24, 2.45) is 0 Å². The highest BCUT2D eigenvalue weighted by Crippen LogP contribution is 2.05. The number of hydrogen-bond acceptors (Lipinski definition) is 7. The van der Waals surface area contributed by atoms with Crippen molar-refractivity contribution in [1.82, 2.24) is 0 Å². The molecule has 0 spiro atoms. The lowest BCUT2D eigenvalue weighted by molar-refractivity contribution is 0.153. The van der Waals surface area contributed by atoms with Crippen molar-refractivity contribution in [2.45, 2.75) is 19.3 Å². The quantitative estimate of drug-likeness (QED) is 0.411. The Morgan fingerprint density at radius 3 is 2.29 bits per heavy atom. The van der Waals surface area contributed by atoms with E-state index in [1.165, 1.54) is 18.0 Å². The van der Waals surface area contributed by atoms with Gasteiger partial charge in [0.15, 0.2) is 0 Å². The summed E-state index contributed by atoms with van der Waals surface area (Å²) in [5.74, 6) is 2.84. The summed E-state index contributed by atoms with van der Waals surface area (Å²) in [6.07, 6.45) is 3.10. The van der Waals surface area contributed by atoms with Crippen LogP contribution in [0, 0.1) is 23.0 Å². The average Bonchev–Trinajstić information content (AvgIpc) is 2.33. The summed E-state index contributed by atoms with van der Waals surface area (Å²) in [4.78, 5) is 0. The van der Waals surface area contributed by atoms with Crippen LogP contribution in [0.25, 0.3) is 0 Å². The molecule has 0 aliphatic rings. The molecule has 0 aromatic carbocycles. The van der Waals surface area contributed by atoms with Crippen molar-refractivity contribution in [3.8, 4) is 12.5 Å². The van der Waals surface area contributed by atoms with Crippen LogP contribution in [0.1, 0.15) is 13.8 Å². The van der Waals surface area contributed by atoms with E-state index in [0.717, 1.165) is 17.3 Å². The molecule has 0 heterocycles. The topological polar surface area (TPSA) is 86.3 Å². The lowest BCUT2D eigenvalue weighted by Crippen LogP contribution is -2.08. The normalized spacial score (nSPS) is 10.2. The molecule has 98 valence electrons. The Bertz CT molecular complexity index is 229. The molecule has 0 aliphatic heterocycles. The van der Waals surface area contributed by atoms with E-state index in [1.807, 2.05) is 6.92 Å². The monoisotopic (exact) mass is 278 g/mol. The third kappa shape index (κ3) is 21.1. The zero-order valence-electron chi connectivity index (χ0n) is 10.1. The molecule has 0 radical (unpaired) electrons. The maximum atomic E-state index is 8.87. The Labute approximate surface area is 111 Å². The third-order valence-corrected chi connectivity index (χ3v) is 2.97.